The van der Waals surface area contributed by atoms with Crippen LogP contribution < -0.4 is 5.32 Å². The summed E-state index contributed by atoms with van der Waals surface area (Å²) in [4.78, 5) is 0. The average Bonchev–Trinajstić information content (AvgIpc) is 2.76. The van der Waals surface area contributed by atoms with E-state index in [1.807, 2.05) is 6.92 Å². The SMILES string of the molecule is CCc1ccc(CNCc2nonc2C)cc1. The molecule has 0 aliphatic heterocycles. The maximum absolute atomic E-state index is 4.64. The molecular weight excluding hydrogens is 214 g/mol. The maximum Gasteiger partial charge on any atom is 0.121 e. The Bertz CT molecular complexity index is 462. The minimum absolute atomic E-state index is 0.685. The Morgan fingerprint density at radius 3 is 2.35 bits per heavy atom. The molecule has 0 saturated heterocycles. The number of rotatable bonds is 5. The van der Waals surface area contributed by atoms with Gasteiger partial charge in [-0.15, -0.1) is 0 Å². The molecule has 0 aliphatic rings. The summed E-state index contributed by atoms with van der Waals surface area (Å²) in [5.41, 5.74) is 4.36. The molecule has 0 bridgehead atoms. The van der Waals surface area contributed by atoms with Crippen molar-refractivity contribution in [1.82, 2.24) is 15.6 Å². The van der Waals surface area contributed by atoms with Crippen LogP contribution in [0.3, 0.4) is 0 Å². The highest BCUT2D eigenvalue weighted by Crippen LogP contribution is 2.05. The lowest BCUT2D eigenvalue weighted by atomic mass is 10.1. The minimum atomic E-state index is 0.685. The van der Waals surface area contributed by atoms with Gasteiger partial charge >= 0.3 is 0 Å². The maximum atomic E-state index is 4.64. The fourth-order valence-electron chi connectivity index (χ4n) is 1.63. The van der Waals surface area contributed by atoms with Crippen molar-refractivity contribution in [2.24, 2.45) is 0 Å². The van der Waals surface area contributed by atoms with E-state index in [9.17, 15) is 0 Å². The van der Waals surface area contributed by atoms with E-state index in [1.165, 1.54) is 11.1 Å². The molecule has 0 radical (unpaired) electrons. The van der Waals surface area contributed by atoms with Gasteiger partial charge < -0.3 is 5.32 Å². The van der Waals surface area contributed by atoms with Crippen LogP contribution in [-0.4, -0.2) is 10.3 Å². The van der Waals surface area contributed by atoms with Crippen molar-refractivity contribution in [3.05, 3.63) is 46.8 Å². The van der Waals surface area contributed by atoms with E-state index in [0.29, 0.717) is 6.54 Å². The lowest BCUT2D eigenvalue weighted by Crippen LogP contribution is -2.13. The standard InChI is InChI=1S/C13H17N3O/c1-3-11-4-6-12(7-5-11)8-14-9-13-10(2)15-17-16-13/h4-7,14H,3,8-9H2,1-2H3. The van der Waals surface area contributed by atoms with Gasteiger partial charge in [0.05, 0.1) is 0 Å². The molecule has 90 valence electrons. The van der Waals surface area contributed by atoms with Crippen LogP contribution in [0.25, 0.3) is 0 Å². The zero-order valence-corrected chi connectivity index (χ0v) is 10.2. The van der Waals surface area contributed by atoms with Crippen molar-refractivity contribution in [2.75, 3.05) is 0 Å². The average molecular weight is 231 g/mol. The fraction of sp³-hybridized carbons (Fsp3) is 0.385. The second-order valence-corrected chi connectivity index (χ2v) is 4.07. The molecule has 0 saturated carbocycles. The number of nitrogens with one attached hydrogen (secondary N) is 1. The highest BCUT2D eigenvalue weighted by atomic mass is 16.6. The molecule has 1 N–H and O–H groups in total. The number of benzene rings is 1. The lowest BCUT2D eigenvalue weighted by molar-refractivity contribution is 0.300. The summed E-state index contributed by atoms with van der Waals surface area (Å²) in [5.74, 6) is 0. The van der Waals surface area contributed by atoms with E-state index in [0.717, 1.165) is 24.4 Å². The van der Waals surface area contributed by atoms with Crippen LogP contribution in [0.5, 0.6) is 0 Å². The quantitative estimate of drug-likeness (QED) is 0.857. The molecule has 1 heterocycles. The molecule has 4 nitrogen and oxygen atoms in total. The molecular formula is C13H17N3O. The van der Waals surface area contributed by atoms with Crippen LogP contribution in [0, 0.1) is 6.92 Å². The Kier molecular flexibility index (Phi) is 3.88. The molecule has 0 fully saturated rings. The normalized spacial score (nSPS) is 10.7. The third kappa shape index (κ3) is 3.14. The van der Waals surface area contributed by atoms with Gasteiger partial charge in [-0.25, -0.2) is 4.63 Å². The Labute approximate surface area is 101 Å². The molecule has 0 unspecified atom stereocenters. The fourth-order valence-corrected chi connectivity index (χ4v) is 1.63. The van der Waals surface area contributed by atoms with Crippen LogP contribution >= 0.6 is 0 Å². The molecule has 17 heavy (non-hydrogen) atoms. The third-order valence-corrected chi connectivity index (χ3v) is 2.80. The molecule has 0 aliphatic carbocycles. The van der Waals surface area contributed by atoms with Gasteiger partial charge in [0.2, 0.25) is 0 Å². The molecule has 0 amide bonds. The summed E-state index contributed by atoms with van der Waals surface area (Å²) in [6, 6.07) is 8.64. The number of hydrogen-bond acceptors (Lipinski definition) is 4. The number of hydrogen-bond donors (Lipinski definition) is 1. The lowest BCUT2D eigenvalue weighted by Gasteiger charge is -2.04. The summed E-state index contributed by atoms with van der Waals surface area (Å²) in [6.45, 7) is 5.57. The second-order valence-electron chi connectivity index (χ2n) is 4.07. The first-order valence-corrected chi connectivity index (χ1v) is 5.86. The highest BCUT2D eigenvalue weighted by Gasteiger charge is 2.03. The molecule has 1 aromatic carbocycles. The summed E-state index contributed by atoms with van der Waals surface area (Å²) in [5, 5.41) is 10.9. The molecule has 2 rings (SSSR count). The van der Waals surface area contributed by atoms with Gasteiger partial charge in [0.25, 0.3) is 0 Å². The Hall–Kier alpha value is -1.68. The molecule has 4 heteroatoms. The van der Waals surface area contributed by atoms with Gasteiger partial charge in [0.1, 0.15) is 11.4 Å². The van der Waals surface area contributed by atoms with Crippen molar-refractivity contribution in [2.45, 2.75) is 33.4 Å². The first-order valence-electron chi connectivity index (χ1n) is 5.86. The third-order valence-electron chi connectivity index (χ3n) is 2.80. The summed E-state index contributed by atoms with van der Waals surface area (Å²) in [7, 11) is 0. The van der Waals surface area contributed by atoms with Crippen molar-refractivity contribution in [1.29, 1.82) is 0 Å². The van der Waals surface area contributed by atoms with E-state index >= 15 is 0 Å². The van der Waals surface area contributed by atoms with Crippen molar-refractivity contribution < 1.29 is 4.63 Å². The van der Waals surface area contributed by atoms with E-state index in [1.54, 1.807) is 0 Å². The van der Waals surface area contributed by atoms with Crippen molar-refractivity contribution >= 4 is 0 Å². The van der Waals surface area contributed by atoms with Crippen LogP contribution in [0.2, 0.25) is 0 Å². The van der Waals surface area contributed by atoms with Crippen LogP contribution in [-0.2, 0) is 19.5 Å². The largest absolute Gasteiger partial charge is 0.307 e. The summed E-state index contributed by atoms with van der Waals surface area (Å²) < 4.78 is 4.64. The van der Waals surface area contributed by atoms with Gasteiger partial charge in [-0.2, -0.15) is 0 Å². The van der Waals surface area contributed by atoms with Gasteiger partial charge in [-0.1, -0.05) is 41.5 Å². The second kappa shape index (κ2) is 5.59. The zero-order valence-electron chi connectivity index (χ0n) is 10.2. The first-order chi connectivity index (χ1) is 8.29. The zero-order chi connectivity index (χ0) is 12.1. The Morgan fingerprint density at radius 1 is 1.06 bits per heavy atom. The van der Waals surface area contributed by atoms with Crippen LogP contribution in [0.15, 0.2) is 28.9 Å². The molecule has 0 atom stereocenters. The monoisotopic (exact) mass is 231 g/mol. The van der Waals surface area contributed by atoms with Gasteiger partial charge in [0.15, 0.2) is 0 Å². The minimum Gasteiger partial charge on any atom is -0.307 e. The topological polar surface area (TPSA) is 51.0 Å². The summed E-state index contributed by atoms with van der Waals surface area (Å²) in [6.07, 6.45) is 1.08. The summed E-state index contributed by atoms with van der Waals surface area (Å²) >= 11 is 0. The van der Waals surface area contributed by atoms with Crippen molar-refractivity contribution in [3.8, 4) is 0 Å². The molecule has 2 aromatic rings. The van der Waals surface area contributed by atoms with Crippen molar-refractivity contribution in [3.63, 3.8) is 0 Å². The molecule has 0 spiro atoms. The van der Waals surface area contributed by atoms with Crippen LogP contribution in [0.1, 0.15) is 29.4 Å². The van der Waals surface area contributed by atoms with Crippen LogP contribution in [0.4, 0.5) is 0 Å². The number of aryl methyl sites for hydroxylation is 2. The van der Waals surface area contributed by atoms with E-state index < -0.39 is 0 Å². The number of nitrogens with zero attached hydrogens (tertiary/aromatic N) is 2. The van der Waals surface area contributed by atoms with Gasteiger partial charge in [-0.3, -0.25) is 0 Å². The smallest absolute Gasteiger partial charge is 0.121 e. The van der Waals surface area contributed by atoms with Gasteiger partial charge in [-0.05, 0) is 24.5 Å². The van der Waals surface area contributed by atoms with E-state index in [-0.39, 0.29) is 0 Å². The Balaban J connectivity index is 1.83. The Morgan fingerprint density at radius 2 is 1.76 bits per heavy atom. The predicted molar refractivity (Wildman–Crippen MR) is 65.4 cm³/mol. The first kappa shape index (κ1) is 11.8. The highest BCUT2D eigenvalue weighted by molar-refractivity contribution is 5.22. The van der Waals surface area contributed by atoms with E-state index in [2.05, 4.69) is 51.4 Å². The number of aromatic nitrogens is 2. The predicted octanol–water partition coefficient (Wildman–Crippen LogP) is 2.23. The van der Waals surface area contributed by atoms with E-state index in [4.69, 9.17) is 0 Å². The molecule has 1 aromatic heterocycles. The van der Waals surface area contributed by atoms with Gasteiger partial charge in [0, 0.05) is 13.1 Å².